The van der Waals surface area contributed by atoms with Gasteiger partial charge in [0.15, 0.2) is 0 Å². The number of anilines is 1. The van der Waals surface area contributed by atoms with Crippen molar-refractivity contribution in [3.63, 3.8) is 0 Å². The SMILES string of the molecule is CC(C)Oc1ccc(NC(=O)C2CC(=O)N(CCc3ccccc3F)C2)cc1. The molecule has 2 amide bonds. The van der Waals surface area contributed by atoms with E-state index < -0.39 is 5.92 Å². The zero-order valence-electron chi connectivity index (χ0n) is 16.2. The van der Waals surface area contributed by atoms with Gasteiger partial charge in [-0.05, 0) is 56.2 Å². The van der Waals surface area contributed by atoms with Crippen LogP contribution in [0.1, 0.15) is 25.8 Å². The number of ether oxygens (including phenoxy) is 1. The predicted molar refractivity (Wildman–Crippen MR) is 106 cm³/mol. The maximum atomic E-state index is 13.7. The summed E-state index contributed by atoms with van der Waals surface area (Å²) in [6.45, 7) is 4.66. The summed E-state index contributed by atoms with van der Waals surface area (Å²) in [5.74, 6) is -0.187. The van der Waals surface area contributed by atoms with E-state index in [0.29, 0.717) is 30.8 Å². The third-order valence-corrected chi connectivity index (χ3v) is 4.69. The van der Waals surface area contributed by atoms with Crippen LogP contribution in [0.25, 0.3) is 0 Å². The molecule has 1 unspecified atom stereocenters. The zero-order chi connectivity index (χ0) is 20.1. The Hall–Kier alpha value is -2.89. The molecule has 148 valence electrons. The summed E-state index contributed by atoms with van der Waals surface area (Å²) in [6.07, 6.45) is 0.696. The van der Waals surface area contributed by atoms with Gasteiger partial charge in [0, 0.05) is 25.2 Å². The molecule has 1 fully saturated rings. The maximum Gasteiger partial charge on any atom is 0.229 e. The highest BCUT2D eigenvalue weighted by Gasteiger charge is 2.34. The van der Waals surface area contributed by atoms with Gasteiger partial charge in [0.25, 0.3) is 0 Å². The van der Waals surface area contributed by atoms with Crippen molar-refractivity contribution < 1.29 is 18.7 Å². The molecule has 1 saturated heterocycles. The Morgan fingerprint density at radius 1 is 1.21 bits per heavy atom. The molecule has 5 nitrogen and oxygen atoms in total. The molecule has 2 aromatic rings. The lowest BCUT2D eigenvalue weighted by Crippen LogP contribution is -2.30. The Balaban J connectivity index is 1.52. The lowest BCUT2D eigenvalue weighted by molar-refractivity contribution is -0.128. The summed E-state index contributed by atoms with van der Waals surface area (Å²) in [6, 6.07) is 13.7. The number of hydrogen-bond acceptors (Lipinski definition) is 3. The van der Waals surface area contributed by atoms with E-state index in [1.807, 2.05) is 13.8 Å². The summed E-state index contributed by atoms with van der Waals surface area (Å²) in [7, 11) is 0. The number of amides is 2. The Morgan fingerprint density at radius 3 is 2.61 bits per heavy atom. The van der Waals surface area contributed by atoms with Gasteiger partial charge in [-0.2, -0.15) is 0 Å². The minimum Gasteiger partial charge on any atom is -0.491 e. The zero-order valence-corrected chi connectivity index (χ0v) is 16.2. The second-order valence-electron chi connectivity index (χ2n) is 7.26. The number of carbonyl (C=O) groups excluding carboxylic acids is 2. The molecule has 0 bridgehead atoms. The Bertz CT molecular complexity index is 836. The number of likely N-dealkylation sites (tertiary alicyclic amines) is 1. The number of nitrogens with one attached hydrogen (secondary N) is 1. The Morgan fingerprint density at radius 2 is 1.93 bits per heavy atom. The van der Waals surface area contributed by atoms with Crippen LogP contribution in [0.15, 0.2) is 48.5 Å². The number of hydrogen-bond donors (Lipinski definition) is 1. The molecule has 1 aliphatic rings. The van der Waals surface area contributed by atoms with Crippen molar-refractivity contribution in [3.8, 4) is 5.75 Å². The number of carbonyl (C=O) groups is 2. The van der Waals surface area contributed by atoms with Crippen molar-refractivity contribution >= 4 is 17.5 Å². The lowest BCUT2D eigenvalue weighted by atomic mass is 10.1. The maximum absolute atomic E-state index is 13.7. The van der Waals surface area contributed by atoms with Gasteiger partial charge in [0.05, 0.1) is 12.0 Å². The van der Waals surface area contributed by atoms with E-state index in [0.717, 1.165) is 5.75 Å². The van der Waals surface area contributed by atoms with E-state index in [4.69, 9.17) is 4.74 Å². The molecular formula is C22H25FN2O3. The molecule has 1 N–H and O–H groups in total. The molecule has 28 heavy (non-hydrogen) atoms. The molecule has 1 atom stereocenters. The molecule has 1 heterocycles. The summed E-state index contributed by atoms with van der Waals surface area (Å²) in [5.41, 5.74) is 1.24. The molecule has 0 aromatic heterocycles. The first-order chi connectivity index (χ1) is 13.4. The monoisotopic (exact) mass is 384 g/mol. The van der Waals surface area contributed by atoms with Crippen molar-refractivity contribution in [2.75, 3.05) is 18.4 Å². The van der Waals surface area contributed by atoms with Crippen LogP contribution in [0.4, 0.5) is 10.1 Å². The first kappa shape index (κ1) is 19.9. The number of halogens is 1. The molecule has 0 aliphatic carbocycles. The molecule has 0 radical (unpaired) electrons. The normalized spacial score (nSPS) is 16.5. The first-order valence-corrected chi connectivity index (χ1v) is 9.51. The molecule has 0 spiro atoms. The van der Waals surface area contributed by atoms with Crippen molar-refractivity contribution in [1.29, 1.82) is 0 Å². The van der Waals surface area contributed by atoms with Crippen LogP contribution < -0.4 is 10.1 Å². The standard InChI is InChI=1S/C22H25FN2O3/c1-15(2)28-19-9-7-18(8-10-19)24-22(27)17-13-21(26)25(14-17)12-11-16-5-3-4-6-20(16)23/h3-10,15,17H,11-14H2,1-2H3,(H,24,27). The fraction of sp³-hybridized carbons (Fsp3) is 0.364. The van der Waals surface area contributed by atoms with Crippen molar-refractivity contribution in [1.82, 2.24) is 4.90 Å². The van der Waals surface area contributed by atoms with Gasteiger partial charge in [-0.25, -0.2) is 4.39 Å². The second kappa shape index (κ2) is 8.87. The molecule has 6 heteroatoms. The van der Waals surface area contributed by atoms with Crippen molar-refractivity contribution in [2.45, 2.75) is 32.8 Å². The smallest absolute Gasteiger partial charge is 0.229 e. The molecule has 3 rings (SSSR count). The first-order valence-electron chi connectivity index (χ1n) is 9.51. The van der Waals surface area contributed by atoms with E-state index in [1.165, 1.54) is 6.07 Å². The molecule has 0 saturated carbocycles. The summed E-state index contributed by atoms with van der Waals surface area (Å²) in [4.78, 5) is 26.4. The van der Waals surface area contributed by atoms with Gasteiger partial charge >= 0.3 is 0 Å². The van der Waals surface area contributed by atoms with Gasteiger partial charge in [-0.3, -0.25) is 9.59 Å². The van der Waals surface area contributed by atoms with Crippen LogP contribution in [-0.4, -0.2) is 35.9 Å². The fourth-order valence-corrected chi connectivity index (χ4v) is 3.25. The van der Waals surface area contributed by atoms with Crippen LogP contribution in [0, 0.1) is 11.7 Å². The van der Waals surface area contributed by atoms with Crippen LogP contribution >= 0.6 is 0 Å². The largest absolute Gasteiger partial charge is 0.491 e. The van der Waals surface area contributed by atoms with Gasteiger partial charge < -0.3 is 15.0 Å². The highest BCUT2D eigenvalue weighted by Crippen LogP contribution is 2.22. The minimum atomic E-state index is -0.403. The third kappa shape index (κ3) is 5.09. The van der Waals surface area contributed by atoms with E-state index in [9.17, 15) is 14.0 Å². The van der Waals surface area contributed by atoms with Crippen LogP contribution in [0.2, 0.25) is 0 Å². The summed E-state index contributed by atoms with van der Waals surface area (Å²) in [5, 5.41) is 2.86. The van der Waals surface area contributed by atoms with Crippen LogP contribution in [-0.2, 0) is 16.0 Å². The van der Waals surface area contributed by atoms with Gasteiger partial charge in [0.2, 0.25) is 11.8 Å². The average molecular weight is 384 g/mol. The third-order valence-electron chi connectivity index (χ3n) is 4.69. The topological polar surface area (TPSA) is 58.6 Å². The average Bonchev–Trinajstić information content (AvgIpc) is 3.03. The van der Waals surface area contributed by atoms with E-state index in [2.05, 4.69) is 5.32 Å². The highest BCUT2D eigenvalue weighted by atomic mass is 19.1. The van der Waals surface area contributed by atoms with E-state index in [-0.39, 0.29) is 30.2 Å². The number of benzene rings is 2. The van der Waals surface area contributed by atoms with Gasteiger partial charge in [-0.15, -0.1) is 0 Å². The second-order valence-corrected chi connectivity index (χ2v) is 7.26. The van der Waals surface area contributed by atoms with Crippen LogP contribution in [0.5, 0.6) is 5.75 Å². The number of rotatable bonds is 7. The number of nitrogens with zero attached hydrogens (tertiary/aromatic N) is 1. The lowest BCUT2D eigenvalue weighted by Gasteiger charge is -2.17. The summed E-state index contributed by atoms with van der Waals surface area (Å²) >= 11 is 0. The van der Waals surface area contributed by atoms with Gasteiger partial charge in [0.1, 0.15) is 11.6 Å². The summed E-state index contributed by atoms with van der Waals surface area (Å²) < 4.78 is 19.3. The van der Waals surface area contributed by atoms with Crippen LogP contribution in [0.3, 0.4) is 0 Å². The minimum absolute atomic E-state index is 0.0721. The van der Waals surface area contributed by atoms with Crippen molar-refractivity contribution in [2.24, 2.45) is 5.92 Å². The Labute approximate surface area is 164 Å². The van der Waals surface area contributed by atoms with E-state index in [1.54, 1.807) is 47.4 Å². The van der Waals surface area contributed by atoms with Crippen molar-refractivity contribution in [3.05, 3.63) is 59.9 Å². The predicted octanol–water partition coefficient (Wildman–Crippen LogP) is 3.64. The van der Waals surface area contributed by atoms with E-state index >= 15 is 0 Å². The molecular weight excluding hydrogens is 359 g/mol. The fourth-order valence-electron chi connectivity index (χ4n) is 3.25. The molecule has 1 aliphatic heterocycles. The molecule has 2 aromatic carbocycles. The quantitative estimate of drug-likeness (QED) is 0.793. The Kier molecular flexibility index (Phi) is 6.29. The highest BCUT2D eigenvalue weighted by molar-refractivity contribution is 5.97. The van der Waals surface area contributed by atoms with Gasteiger partial charge in [-0.1, -0.05) is 18.2 Å².